The lowest BCUT2D eigenvalue weighted by Gasteiger charge is -2.18. The first-order chi connectivity index (χ1) is 9.08. The molecule has 19 heavy (non-hydrogen) atoms. The minimum Gasteiger partial charge on any atom is -0.473 e. The SMILES string of the molecule is CC(C)Oc1ncccc1NC(C)c1nccn1C. The highest BCUT2D eigenvalue weighted by molar-refractivity contribution is 5.53. The fourth-order valence-corrected chi connectivity index (χ4v) is 1.91. The molecule has 5 heteroatoms. The molecule has 102 valence electrons. The molecule has 0 aliphatic heterocycles. The second kappa shape index (κ2) is 5.73. The molecule has 0 radical (unpaired) electrons. The minimum absolute atomic E-state index is 0.0821. The molecule has 2 aromatic heterocycles. The Bertz CT molecular complexity index is 536. The van der Waals surface area contributed by atoms with Gasteiger partial charge in [-0.2, -0.15) is 0 Å². The first-order valence-electron chi connectivity index (χ1n) is 6.43. The topological polar surface area (TPSA) is 52.0 Å². The first kappa shape index (κ1) is 13.4. The van der Waals surface area contributed by atoms with Gasteiger partial charge in [-0.25, -0.2) is 9.97 Å². The highest BCUT2D eigenvalue weighted by Gasteiger charge is 2.13. The van der Waals surface area contributed by atoms with Gasteiger partial charge in [0.1, 0.15) is 5.82 Å². The lowest BCUT2D eigenvalue weighted by atomic mass is 10.3. The van der Waals surface area contributed by atoms with Crippen LogP contribution in [0.5, 0.6) is 5.88 Å². The van der Waals surface area contributed by atoms with E-state index in [1.54, 1.807) is 12.4 Å². The maximum atomic E-state index is 5.69. The number of ether oxygens (including phenoxy) is 1. The van der Waals surface area contributed by atoms with E-state index >= 15 is 0 Å². The predicted molar refractivity (Wildman–Crippen MR) is 75.2 cm³/mol. The van der Waals surface area contributed by atoms with Crippen LogP contribution in [-0.2, 0) is 7.05 Å². The van der Waals surface area contributed by atoms with E-state index < -0.39 is 0 Å². The minimum atomic E-state index is 0.0821. The van der Waals surface area contributed by atoms with E-state index in [0.717, 1.165) is 11.5 Å². The Morgan fingerprint density at radius 2 is 2.00 bits per heavy atom. The normalized spacial score (nSPS) is 12.5. The summed E-state index contributed by atoms with van der Waals surface area (Å²) in [5, 5.41) is 3.39. The summed E-state index contributed by atoms with van der Waals surface area (Å²) in [6.07, 6.45) is 5.55. The molecule has 0 spiro atoms. The van der Waals surface area contributed by atoms with Crippen LogP contribution in [0.1, 0.15) is 32.6 Å². The largest absolute Gasteiger partial charge is 0.473 e. The van der Waals surface area contributed by atoms with Gasteiger partial charge in [-0.3, -0.25) is 0 Å². The van der Waals surface area contributed by atoms with Gasteiger partial charge >= 0.3 is 0 Å². The fraction of sp³-hybridized carbons (Fsp3) is 0.429. The number of hydrogen-bond donors (Lipinski definition) is 1. The summed E-state index contributed by atoms with van der Waals surface area (Å²) in [7, 11) is 1.98. The van der Waals surface area contributed by atoms with E-state index in [9.17, 15) is 0 Å². The number of pyridine rings is 1. The number of imidazole rings is 1. The van der Waals surface area contributed by atoms with E-state index in [2.05, 4.69) is 22.2 Å². The molecule has 1 atom stereocenters. The van der Waals surface area contributed by atoms with Crippen molar-refractivity contribution < 1.29 is 4.74 Å². The van der Waals surface area contributed by atoms with Gasteiger partial charge in [-0.15, -0.1) is 0 Å². The van der Waals surface area contributed by atoms with Crippen LogP contribution in [-0.4, -0.2) is 20.6 Å². The van der Waals surface area contributed by atoms with Crippen molar-refractivity contribution in [2.45, 2.75) is 32.9 Å². The van der Waals surface area contributed by atoms with Crippen LogP contribution in [0.15, 0.2) is 30.7 Å². The number of anilines is 1. The second-order valence-corrected chi connectivity index (χ2v) is 4.79. The third-order valence-electron chi connectivity index (χ3n) is 2.74. The third kappa shape index (κ3) is 3.24. The molecule has 2 rings (SSSR count). The van der Waals surface area contributed by atoms with Gasteiger partial charge in [0.05, 0.1) is 17.8 Å². The average Bonchev–Trinajstić information content (AvgIpc) is 2.77. The number of aryl methyl sites for hydroxylation is 1. The summed E-state index contributed by atoms with van der Waals surface area (Å²) in [6.45, 7) is 6.04. The monoisotopic (exact) mass is 260 g/mol. The fourth-order valence-electron chi connectivity index (χ4n) is 1.91. The van der Waals surface area contributed by atoms with Crippen LogP contribution in [0.2, 0.25) is 0 Å². The van der Waals surface area contributed by atoms with Crippen molar-refractivity contribution in [3.63, 3.8) is 0 Å². The molecule has 1 unspecified atom stereocenters. The number of nitrogens with one attached hydrogen (secondary N) is 1. The molecule has 0 saturated carbocycles. The number of rotatable bonds is 5. The molecule has 2 heterocycles. The molecule has 0 aliphatic carbocycles. The van der Waals surface area contributed by atoms with Crippen LogP contribution >= 0.6 is 0 Å². The summed E-state index contributed by atoms with van der Waals surface area (Å²) < 4.78 is 7.69. The molecule has 0 aliphatic rings. The van der Waals surface area contributed by atoms with Crippen molar-refractivity contribution in [3.05, 3.63) is 36.5 Å². The summed E-state index contributed by atoms with van der Waals surface area (Å²) in [5.74, 6) is 1.60. The Balaban J connectivity index is 2.17. The summed E-state index contributed by atoms with van der Waals surface area (Å²) in [6, 6.07) is 3.93. The van der Waals surface area contributed by atoms with E-state index in [0.29, 0.717) is 5.88 Å². The zero-order chi connectivity index (χ0) is 13.8. The lowest BCUT2D eigenvalue weighted by molar-refractivity contribution is 0.234. The lowest BCUT2D eigenvalue weighted by Crippen LogP contribution is -2.14. The molecule has 5 nitrogen and oxygen atoms in total. The Kier molecular flexibility index (Phi) is 4.04. The van der Waals surface area contributed by atoms with Crippen LogP contribution < -0.4 is 10.1 Å². The molecule has 0 saturated heterocycles. The Morgan fingerprint density at radius 3 is 2.63 bits per heavy atom. The van der Waals surface area contributed by atoms with E-state index in [-0.39, 0.29) is 12.1 Å². The van der Waals surface area contributed by atoms with Gasteiger partial charge in [0.2, 0.25) is 5.88 Å². The molecular weight excluding hydrogens is 240 g/mol. The first-order valence-corrected chi connectivity index (χ1v) is 6.43. The Morgan fingerprint density at radius 1 is 1.21 bits per heavy atom. The predicted octanol–water partition coefficient (Wildman–Crippen LogP) is 2.78. The van der Waals surface area contributed by atoms with Gasteiger partial charge < -0.3 is 14.6 Å². The van der Waals surface area contributed by atoms with Crippen molar-refractivity contribution in [1.82, 2.24) is 14.5 Å². The van der Waals surface area contributed by atoms with Crippen molar-refractivity contribution >= 4 is 5.69 Å². The van der Waals surface area contributed by atoms with Gasteiger partial charge in [-0.1, -0.05) is 0 Å². The molecule has 0 fully saturated rings. The maximum absolute atomic E-state index is 5.69. The molecule has 0 bridgehead atoms. The maximum Gasteiger partial charge on any atom is 0.237 e. The smallest absolute Gasteiger partial charge is 0.237 e. The number of aromatic nitrogens is 3. The van der Waals surface area contributed by atoms with Gasteiger partial charge in [-0.05, 0) is 32.9 Å². The Labute approximate surface area is 113 Å². The number of hydrogen-bond acceptors (Lipinski definition) is 4. The van der Waals surface area contributed by atoms with Crippen molar-refractivity contribution in [3.8, 4) is 5.88 Å². The van der Waals surface area contributed by atoms with Crippen LogP contribution in [0.4, 0.5) is 5.69 Å². The van der Waals surface area contributed by atoms with Crippen molar-refractivity contribution in [2.75, 3.05) is 5.32 Å². The molecule has 0 amide bonds. The van der Waals surface area contributed by atoms with Crippen LogP contribution in [0.3, 0.4) is 0 Å². The molecule has 2 aromatic rings. The van der Waals surface area contributed by atoms with E-state index in [1.165, 1.54) is 0 Å². The van der Waals surface area contributed by atoms with Crippen LogP contribution in [0, 0.1) is 0 Å². The van der Waals surface area contributed by atoms with Gasteiger partial charge in [0, 0.05) is 25.6 Å². The zero-order valence-electron chi connectivity index (χ0n) is 11.8. The van der Waals surface area contributed by atoms with Crippen molar-refractivity contribution in [2.24, 2.45) is 7.05 Å². The second-order valence-electron chi connectivity index (χ2n) is 4.79. The standard InChI is InChI=1S/C14H20N4O/c1-10(2)19-14-12(6-5-7-16-14)17-11(3)13-15-8-9-18(13)4/h5-11,17H,1-4H3. The molecule has 1 N–H and O–H groups in total. The molecule has 0 aromatic carbocycles. The number of nitrogens with zero attached hydrogens (tertiary/aromatic N) is 3. The third-order valence-corrected chi connectivity index (χ3v) is 2.74. The quantitative estimate of drug-likeness (QED) is 0.898. The highest BCUT2D eigenvalue weighted by atomic mass is 16.5. The summed E-state index contributed by atoms with van der Waals surface area (Å²) >= 11 is 0. The van der Waals surface area contributed by atoms with Gasteiger partial charge in [0.15, 0.2) is 0 Å². The van der Waals surface area contributed by atoms with Gasteiger partial charge in [0.25, 0.3) is 0 Å². The van der Waals surface area contributed by atoms with E-state index in [4.69, 9.17) is 4.74 Å². The van der Waals surface area contributed by atoms with Crippen LogP contribution in [0.25, 0.3) is 0 Å². The highest BCUT2D eigenvalue weighted by Crippen LogP contribution is 2.25. The summed E-state index contributed by atoms with van der Waals surface area (Å²) in [4.78, 5) is 8.61. The van der Waals surface area contributed by atoms with Crippen molar-refractivity contribution in [1.29, 1.82) is 0 Å². The summed E-state index contributed by atoms with van der Waals surface area (Å²) in [5.41, 5.74) is 0.881. The average molecular weight is 260 g/mol. The molecular formula is C14H20N4O. The van der Waals surface area contributed by atoms with E-state index in [1.807, 2.05) is 43.8 Å². The zero-order valence-corrected chi connectivity index (χ0v) is 11.8. The Hall–Kier alpha value is -2.04.